The highest BCUT2D eigenvalue weighted by Crippen LogP contribution is 2.36. The van der Waals surface area contributed by atoms with Gasteiger partial charge in [-0.1, -0.05) is 27.7 Å². The summed E-state index contributed by atoms with van der Waals surface area (Å²) >= 11 is 3.73. The van der Waals surface area contributed by atoms with Crippen molar-refractivity contribution in [1.29, 1.82) is 0 Å². The first kappa shape index (κ1) is 15.8. The van der Waals surface area contributed by atoms with E-state index in [-0.39, 0.29) is 21.1 Å². The van der Waals surface area contributed by atoms with Crippen LogP contribution >= 0.6 is 27.7 Å². The average molecular weight is 382 g/mol. The molecule has 0 aliphatic heterocycles. The Labute approximate surface area is 129 Å². The number of thioether (sulfide) groups is 1. The summed E-state index contributed by atoms with van der Waals surface area (Å²) in [6, 6.07) is 3.66. The molecule has 0 spiro atoms. The number of benzene rings is 1. The van der Waals surface area contributed by atoms with Crippen molar-refractivity contribution >= 4 is 33.7 Å². The Morgan fingerprint density at radius 1 is 1.43 bits per heavy atom. The summed E-state index contributed by atoms with van der Waals surface area (Å²) in [5, 5.41) is 16.1. The Hall–Kier alpha value is -1.55. The zero-order chi connectivity index (χ0) is 15.6. The number of alkyl halides is 3. The molecule has 0 radical (unpaired) electrons. The van der Waals surface area contributed by atoms with E-state index in [1.54, 1.807) is 0 Å². The van der Waals surface area contributed by atoms with E-state index < -0.39 is 17.7 Å². The van der Waals surface area contributed by atoms with Gasteiger partial charge in [-0.05, 0) is 18.2 Å². The molecule has 1 heterocycles. The first-order valence-corrected chi connectivity index (χ1v) is 7.18. The van der Waals surface area contributed by atoms with Crippen LogP contribution in [-0.4, -0.2) is 31.6 Å². The van der Waals surface area contributed by atoms with Gasteiger partial charge in [0.25, 0.3) is 0 Å². The molecule has 2 rings (SSSR count). The van der Waals surface area contributed by atoms with Gasteiger partial charge < -0.3 is 5.11 Å². The number of aromatic nitrogens is 3. The molecule has 1 aromatic carbocycles. The molecule has 0 saturated heterocycles. The van der Waals surface area contributed by atoms with Crippen molar-refractivity contribution in [2.75, 3.05) is 5.75 Å². The summed E-state index contributed by atoms with van der Waals surface area (Å²) in [5.41, 5.74) is -0.633. The van der Waals surface area contributed by atoms with Crippen LogP contribution in [0.3, 0.4) is 0 Å². The Kier molecular flexibility index (Phi) is 4.57. The highest BCUT2D eigenvalue weighted by atomic mass is 79.9. The molecule has 5 nitrogen and oxygen atoms in total. The van der Waals surface area contributed by atoms with Gasteiger partial charge in [-0.15, -0.1) is 10.2 Å². The van der Waals surface area contributed by atoms with Crippen molar-refractivity contribution in [3.8, 4) is 5.69 Å². The van der Waals surface area contributed by atoms with E-state index >= 15 is 0 Å². The Morgan fingerprint density at radius 3 is 2.76 bits per heavy atom. The fraction of sp³-hybridized carbons (Fsp3) is 0.182. The van der Waals surface area contributed by atoms with Crippen molar-refractivity contribution in [2.24, 2.45) is 0 Å². The largest absolute Gasteiger partial charge is 0.481 e. The number of aliphatic carboxylic acids is 1. The van der Waals surface area contributed by atoms with Gasteiger partial charge in [0.1, 0.15) is 6.33 Å². The lowest BCUT2D eigenvalue weighted by Gasteiger charge is -2.12. The van der Waals surface area contributed by atoms with Crippen molar-refractivity contribution in [3.05, 3.63) is 34.6 Å². The molecule has 21 heavy (non-hydrogen) atoms. The highest BCUT2D eigenvalue weighted by molar-refractivity contribution is 9.10. The summed E-state index contributed by atoms with van der Waals surface area (Å²) in [6.45, 7) is 0. The van der Waals surface area contributed by atoms with E-state index in [4.69, 9.17) is 5.11 Å². The number of carboxylic acids is 1. The van der Waals surface area contributed by atoms with Gasteiger partial charge in [0.15, 0.2) is 5.16 Å². The molecule has 0 bridgehead atoms. The fourth-order valence-electron chi connectivity index (χ4n) is 1.51. The fourth-order valence-corrected chi connectivity index (χ4v) is 2.63. The first-order valence-electron chi connectivity index (χ1n) is 5.41. The van der Waals surface area contributed by atoms with Crippen LogP contribution in [0, 0.1) is 0 Å². The first-order chi connectivity index (χ1) is 9.79. The minimum absolute atomic E-state index is 0.0773. The number of halogens is 4. The van der Waals surface area contributed by atoms with Crippen LogP contribution in [0.1, 0.15) is 5.56 Å². The summed E-state index contributed by atoms with van der Waals surface area (Å²) in [6.07, 6.45) is -3.27. The third-order valence-corrected chi connectivity index (χ3v) is 3.99. The van der Waals surface area contributed by atoms with Crippen molar-refractivity contribution < 1.29 is 23.1 Å². The monoisotopic (exact) mass is 381 g/mol. The molecule has 2 aromatic rings. The molecule has 10 heteroatoms. The maximum absolute atomic E-state index is 12.9. The smallest absolute Gasteiger partial charge is 0.417 e. The lowest BCUT2D eigenvalue weighted by molar-refractivity contribution is -0.138. The molecule has 0 fully saturated rings. The molecule has 0 unspecified atom stereocenters. The average Bonchev–Trinajstić information content (AvgIpc) is 2.84. The number of hydrogen-bond acceptors (Lipinski definition) is 4. The molecular formula is C11H7BrF3N3O2S. The van der Waals surface area contributed by atoms with Gasteiger partial charge in [0, 0.05) is 10.2 Å². The second-order valence-corrected chi connectivity index (χ2v) is 5.62. The zero-order valence-corrected chi connectivity index (χ0v) is 12.5. The van der Waals surface area contributed by atoms with Gasteiger partial charge >= 0.3 is 12.1 Å². The van der Waals surface area contributed by atoms with Crippen molar-refractivity contribution in [2.45, 2.75) is 11.3 Å². The van der Waals surface area contributed by atoms with Crippen LogP contribution in [0.2, 0.25) is 0 Å². The Morgan fingerprint density at radius 2 is 2.14 bits per heavy atom. The zero-order valence-electron chi connectivity index (χ0n) is 10.1. The molecule has 0 aliphatic rings. The van der Waals surface area contributed by atoms with E-state index in [1.807, 2.05) is 0 Å². The molecule has 0 saturated carbocycles. The van der Waals surface area contributed by atoms with E-state index in [1.165, 1.54) is 23.0 Å². The Bertz CT molecular complexity index is 675. The predicted octanol–water partition coefficient (Wildman–Crippen LogP) is 3.23. The maximum atomic E-state index is 12.9. The highest BCUT2D eigenvalue weighted by Gasteiger charge is 2.33. The minimum atomic E-state index is -4.50. The van der Waals surface area contributed by atoms with Crippen LogP contribution in [0.5, 0.6) is 0 Å². The number of carbonyl (C=O) groups is 1. The van der Waals surface area contributed by atoms with Gasteiger partial charge in [0.05, 0.1) is 11.3 Å². The van der Waals surface area contributed by atoms with E-state index in [0.717, 1.165) is 17.8 Å². The standard InChI is InChI=1S/C11H7BrF3N3O2S/c12-8-2-1-6(3-7(8)11(13,14)15)18-5-16-17-10(18)21-4-9(19)20/h1-3,5H,4H2,(H,19,20). The minimum Gasteiger partial charge on any atom is -0.481 e. The van der Waals surface area contributed by atoms with E-state index in [2.05, 4.69) is 26.1 Å². The van der Waals surface area contributed by atoms with Crippen LogP contribution in [0.25, 0.3) is 5.69 Å². The molecule has 1 aromatic heterocycles. The molecule has 1 N–H and O–H groups in total. The summed E-state index contributed by atoms with van der Waals surface area (Å²) in [5.74, 6) is -1.32. The normalized spacial score (nSPS) is 11.6. The molecular weight excluding hydrogens is 375 g/mol. The van der Waals surface area contributed by atoms with Gasteiger partial charge in [-0.2, -0.15) is 13.2 Å². The van der Waals surface area contributed by atoms with Crippen LogP contribution in [0.15, 0.2) is 34.2 Å². The lowest BCUT2D eigenvalue weighted by Crippen LogP contribution is -2.08. The van der Waals surface area contributed by atoms with E-state index in [9.17, 15) is 18.0 Å². The second-order valence-electron chi connectivity index (χ2n) is 3.83. The third kappa shape index (κ3) is 3.76. The van der Waals surface area contributed by atoms with Gasteiger partial charge in [-0.3, -0.25) is 9.36 Å². The van der Waals surface area contributed by atoms with Crippen LogP contribution < -0.4 is 0 Å². The quantitative estimate of drug-likeness (QED) is 0.823. The molecule has 112 valence electrons. The number of hydrogen-bond donors (Lipinski definition) is 1. The number of nitrogens with zero attached hydrogens (tertiary/aromatic N) is 3. The van der Waals surface area contributed by atoms with E-state index in [0.29, 0.717) is 0 Å². The molecule has 0 atom stereocenters. The SMILES string of the molecule is O=C(O)CSc1nncn1-c1ccc(Br)c(C(F)(F)F)c1. The Balaban J connectivity index is 2.39. The second kappa shape index (κ2) is 6.06. The van der Waals surface area contributed by atoms with Gasteiger partial charge in [0.2, 0.25) is 0 Å². The topological polar surface area (TPSA) is 68.0 Å². The number of rotatable bonds is 4. The van der Waals surface area contributed by atoms with Crippen molar-refractivity contribution in [1.82, 2.24) is 14.8 Å². The molecule has 0 aliphatic carbocycles. The molecule has 0 amide bonds. The lowest BCUT2D eigenvalue weighted by atomic mass is 10.2. The van der Waals surface area contributed by atoms with Gasteiger partial charge in [-0.25, -0.2) is 0 Å². The van der Waals surface area contributed by atoms with Crippen molar-refractivity contribution in [3.63, 3.8) is 0 Å². The number of carboxylic acid groups (broad SMARTS) is 1. The summed E-state index contributed by atoms with van der Waals surface area (Å²) in [7, 11) is 0. The third-order valence-electron chi connectivity index (χ3n) is 2.37. The maximum Gasteiger partial charge on any atom is 0.417 e. The van der Waals surface area contributed by atoms with Crippen LogP contribution in [-0.2, 0) is 11.0 Å². The van der Waals surface area contributed by atoms with Crippen LogP contribution in [0.4, 0.5) is 13.2 Å². The summed E-state index contributed by atoms with van der Waals surface area (Å²) in [4.78, 5) is 10.5. The predicted molar refractivity (Wildman–Crippen MR) is 72.4 cm³/mol. The summed E-state index contributed by atoms with van der Waals surface area (Å²) < 4.78 is 39.8.